The zero-order chi connectivity index (χ0) is 17.3. The van der Waals surface area contributed by atoms with Crippen molar-refractivity contribution in [2.24, 2.45) is 0 Å². The fourth-order valence-corrected chi connectivity index (χ4v) is 4.47. The monoisotopic (exact) mass is 350 g/mol. The first kappa shape index (κ1) is 17.4. The zero-order valence-corrected chi connectivity index (χ0v) is 14.9. The number of hydrogen-bond donors (Lipinski definition) is 0. The Morgan fingerprint density at radius 1 is 1.33 bits per heavy atom. The third-order valence-corrected chi connectivity index (χ3v) is 6.09. The lowest BCUT2D eigenvalue weighted by atomic mass is 10.0. The van der Waals surface area contributed by atoms with E-state index in [1.165, 1.54) is 6.07 Å². The molecule has 0 N–H and O–H groups in total. The zero-order valence-electron chi connectivity index (χ0n) is 14.1. The van der Waals surface area contributed by atoms with Crippen molar-refractivity contribution in [1.29, 1.82) is 0 Å². The molecule has 2 saturated heterocycles. The van der Waals surface area contributed by atoms with Gasteiger partial charge < -0.3 is 9.80 Å². The lowest BCUT2D eigenvalue weighted by molar-refractivity contribution is -0.121. The van der Waals surface area contributed by atoms with Gasteiger partial charge in [-0.2, -0.15) is 0 Å². The molecule has 2 fully saturated rings. The van der Waals surface area contributed by atoms with Crippen LogP contribution in [-0.4, -0.2) is 54.3 Å². The van der Waals surface area contributed by atoms with Gasteiger partial charge in [0.05, 0.1) is 11.7 Å². The Morgan fingerprint density at radius 2 is 2.12 bits per heavy atom. The predicted octanol–water partition coefficient (Wildman–Crippen LogP) is 2.50. The first-order valence-corrected chi connectivity index (χ1v) is 9.24. The molecule has 0 bridgehead atoms. The molecule has 1 aromatic rings. The average molecular weight is 350 g/mol. The predicted molar refractivity (Wildman–Crippen MR) is 95.0 cm³/mol. The molecule has 0 radical (unpaired) electrons. The third kappa shape index (κ3) is 3.81. The number of likely N-dealkylation sites (N-methyl/N-ethyl adjacent to an activating group) is 1. The van der Waals surface area contributed by atoms with E-state index in [1.54, 1.807) is 6.07 Å². The fourth-order valence-electron chi connectivity index (χ4n) is 3.47. The van der Waals surface area contributed by atoms with Crippen LogP contribution in [0.3, 0.4) is 0 Å². The molecule has 0 amide bonds. The standard InChI is InChI=1S/C18H23FN2O2S/c1-20(2)14-7-8-21(11-14)15-5-4-13(19)9-12(15)3-6-17-16(22)10-18(23)24-17/h4-5,9,14,17H,3,6-8,10-11H2,1-2H3/t14-,17?/m0/s1. The molecule has 0 saturated carbocycles. The summed E-state index contributed by atoms with van der Waals surface area (Å²) in [4.78, 5) is 27.7. The Bertz CT molecular complexity index is 650. The molecule has 4 nitrogen and oxygen atoms in total. The second kappa shape index (κ2) is 7.23. The van der Waals surface area contributed by atoms with E-state index in [0.29, 0.717) is 18.9 Å². The molecule has 0 spiro atoms. The Kier molecular flexibility index (Phi) is 5.25. The maximum atomic E-state index is 13.7. The minimum absolute atomic E-state index is 0.0109. The maximum Gasteiger partial charge on any atom is 0.197 e. The number of anilines is 1. The van der Waals surface area contributed by atoms with Crippen molar-refractivity contribution in [3.63, 3.8) is 0 Å². The quantitative estimate of drug-likeness (QED) is 0.763. The van der Waals surface area contributed by atoms with Crippen molar-refractivity contribution in [2.75, 3.05) is 32.1 Å². The van der Waals surface area contributed by atoms with Crippen LogP contribution in [-0.2, 0) is 16.0 Å². The first-order valence-electron chi connectivity index (χ1n) is 8.36. The summed E-state index contributed by atoms with van der Waals surface area (Å²) in [6, 6.07) is 5.43. The van der Waals surface area contributed by atoms with Crippen molar-refractivity contribution in [3.05, 3.63) is 29.6 Å². The second-order valence-corrected chi connectivity index (χ2v) is 8.05. The van der Waals surface area contributed by atoms with E-state index >= 15 is 0 Å². The van der Waals surface area contributed by atoms with E-state index < -0.39 is 0 Å². The lowest BCUT2D eigenvalue weighted by Gasteiger charge is -2.24. The molecular weight excluding hydrogens is 327 g/mol. The molecule has 24 heavy (non-hydrogen) atoms. The lowest BCUT2D eigenvalue weighted by Crippen LogP contribution is -2.31. The van der Waals surface area contributed by atoms with E-state index in [1.807, 2.05) is 6.07 Å². The Balaban J connectivity index is 1.72. The molecule has 0 aliphatic carbocycles. The van der Waals surface area contributed by atoms with Crippen LogP contribution in [0.4, 0.5) is 10.1 Å². The number of thioether (sulfide) groups is 1. The fraction of sp³-hybridized carbons (Fsp3) is 0.556. The minimum Gasteiger partial charge on any atom is -0.370 e. The number of rotatable bonds is 5. The van der Waals surface area contributed by atoms with Gasteiger partial charge in [-0.3, -0.25) is 9.59 Å². The molecular formula is C18H23FN2O2S. The van der Waals surface area contributed by atoms with E-state index in [0.717, 1.165) is 42.5 Å². The molecule has 2 aliphatic heterocycles. The topological polar surface area (TPSA) is 40.6 Å². The second-order valence-electron chi connectivity index (χ2n) is 6.79. The highest BCUT2D eigenvalue weighted by molar-refractivity contribution is 8.15. The molecule has 6 heteroatoms. The molecule has 130 valence electrons. The first-order chi connectivity index (χ1) is 11.4. The summed E-state index contributed by atoms with van der Waals surface area (Å²) in [5.74, 6) is -0.240. The Labute approximate surface area is 146 Å². The summed E-state index contributed by atoms with van der Waals surface area (Å²) < 4.78 is 13.7. The summed E-state index contributed by atoms with van der Waals surface area (Å²) in [6.07, 6.45) is 2.35. The SMILES string of the molecule is CN(C)[C@H]1CCN(c2ccc(F)cc2CCC2SC(=O)CC2=O)C1. The van der Waals surface area contributed by atoms with E-state index in [4.69, 9.17) is 0 Å². The maximum absolute atomic E-state index is 13.7. The van der Waals surface area contributed by atoms with Crippen LogP contribution in [0.2, 0.25) is 0 Å². The van der Waals surface area contributed by atoms with Gasteiger partial charge in [-0.15, -0.1) is 0 Å². The summed E-state index contributed by atoms with van der Waals surface area (Å²) in [5, 5.41) is -0.306. The Morgan fingerprint density at radius 3 is 2.75 bits per heavy atom. The molecule has 0 aromatic heterocycles. The van der Waals surface area contributed by atoms with Crippen molar-refractivity contribution in [3.8, 4) is 0 Å². The van der Waals surface area contributed by atoms with Crippen LogP contribution in [0.1, 0.15) is 24.8 Å². The van der Waals surface area contributed by atoms with Gasteiger partial charge >= 0.3 is 0 Å². The van der Waals surface area contributed by atoms with Crippen LogP contribution in [0, 0.1) is 5.82 Å². The number of aryl methyl sites for hydroxylation is 1. The van der Waals surface area contributed by atoms with Gasteiger partial charge in [0.15, 0.2) is 10.9 Å². The molecule has 1 aromatic carbocycles. The van der Waals surface area contributed by atoms with Crippen molar-refractivity contribution in [1.82, 2.24) is 4.90 Å². The van der Waals surface area contributed by atoms with E-state index in [9.17, 15) is 14.0 Å². The number of nitrogens with zero attached hydrogens (tertiary/aromatic N) is 2. The summed E-state index contributed by atoms with van der Waals surface area (Å²) >= 11 is 1.14. The third-order valence-electron chi connectivity index (χ3n) is 4.90. The normalized spacial score (nSPS) is 24.4. The highest BCUT2D eigenvalue weighted by Crippen LogP contribution is 2.32. The smallest absolute Gasteiger partial charge is 0.197 e. The molecule has 2 atom stereocenters. The van der Waals surface area contributed by atoms with Crippen molar-refractivity contribution < 1.29 is 14.0 Å². The summed E-state index contributed by atoms with van der Waals surface area (Å²) in [7, 11) is 4.17. The van der Waals surface area contributed by atoms with Crippen LogP contribution in [0.5, 0.6) is 0 Å². The van der Waals surface area contributed by atoms with Gasteiger partial charge in [0, 0.05) is 24.8 Å². The van der Waals surface area contributed by atoms with E-state index in [2.05, 4.69) is 23.9 Å². The van der Waals surface area contributed by atoms with Crippen LogP contribution >= 0.6 is 11.8 Å². The van der Waals surface area contributed by atoms with Gasteiger partial charge in [0.2, 0.25) is 0 Å². The van der Waals surface area contributed by atoms with Crippen LogP contribution in [0.15, 0.2) is 18.2 Å². The number of benzene rings is 1. The van der Waals surface area contributed by atoms with E-state index in [-0.39, 0.29) is 28.4 Å². The van der Waals surface area contributed by atoms with Crippen LogP contribution in [0.25, 0.3) is 0 Å². The Hall–Kier alpha value is -1.40. The number of Topliss-reactive ketones (excluding diaryl/α,β-unsaturated/α-hetero) is 1. The average Bonchev–Trinajstić information content (AvgIpc) is 3.12. The van der Waals surface area contributed by atoms with Gasteiger partial charge in [-0.1, -0.05) is 11.8 Å². The van der Waals surface area contributed by atoms with Crippen molar-refractivity contribution in [2.45, 2.75) is 37.0 Å². The number of carbonyl (C=O) groups is 2. The number of ketones is 1. The largest absolute Gasteiger partial charge is 0.370 e. The number of carbonyl (C=O) groups excluding carboxylic acids is 2. The molecule has 3 rings (SSSR count). The van der Waals surface area contributed by atoms with Gasteiger partial charge in [-0.25, -0.2) is 4.39 Å². The summed E-state index contributed by atoms with van der Waals surface area (Å²) in [5.41, 5.74) is 1.99. The van der Waals surface area contributed by atoms with Gasteiger partial charge in [-0.05, 0) is 57.1 Å². The minimum atomic E-state index is -0.262. The molecule has 2 aliphatic rings. The number of hydrogen-bond acceptors (Lipinski definition) is 5. The molecule has 2 heterocycles. The van der Waals surface area contributed by atoms with Gasteiger partial charge in [0.25, 0.3) is 0 Å². The van der Waals surface area contributed by atoms with Crippen molar-refractivity contribution >= 4 is 28.3 Å². The molecule has 1 unspecified atom stereocenters. The highest BCUT2D eigenvalue weighted by Gasteiger charge is 2.32. The summed E-state index contributed by atoms with van der Waals surface area (Å²) in [6.45, 7) is 1.89. The highest BCUT2D eigenvalue weighted by atomic mass is 32.2. The van der Waals surface area contributed by atoms with Crippen LogP contribution < -0.4 is 4.90 Å². The number of halogens is 1. The van der Waals surface area contributed by atoms with Gasteiger partial charge in [0.1, 0.15) is 5.82 Å².